The van der Waals surface area contributed by atoms with Gasteiger partial charge in [-0.05, 0) is 42.5 Å². The second-order valence-electron chi connectivity index (χ2n) is 8.19. The van der Waals surface area contributed by atoms with Crippen molar-refractivity contribution in [3.63, 3.8) is 0 Å². The number of likely N-dealkylation sites (tertiary alicyclic amines) is 1. The number of aromatic nitrogens is 1. The summed E-state index contributed by atoms with van der Waals surface area (Å²) in [6, 6.07) is 10.1. The molecule has 0 unspecified atom stereocenters. The minimum Gasteiger partial charge on any atom is -0.339 e. The van der Waals surface area contributed by atoms with Crippen molar-refractivity contribution in [3.8, 4) is 6.07 Å². The van der Waals surface area contributed by atoms with Gasteiger partial charge in [0, 0.05) is 51.5 Å². The van der Waals surface area contributed by atoms with Crippen molar-refractivity contribution in [1.29, 1.82) is 5.26 Å². The van der Waals surface area contributed by atoms with Crippen LogP contribution in [-0.2, 0) is 20.0 Å². The Bertz CT molecular complexity index is 1080. The van der Waals surface area contributed by atoms with Crippen LogP contribution in [-0.4, -0.2) is 46.5 Å². The first-order chi connectivity index (χ1) is 14.5. The predicted octanol–water partition coefficient (Wildman–Crippen LogP) is 2.56. The fourth-order valence-corrected chi connectivity index (χ4v) is 4.43. The van der Waals surface area contributed by atoms with E-state index in [4.69, 9.17) is 5.26 Å². The van der Waals surface area contributed by atoms with Gasteiger partial charge in [-0.1, -0.05) is 24.3 Å². The molecule has 0 spiro atoms. The molecular formula is C24H26N4O2. The number of fused-ring (bicyclic) bond motifs is 1. The SMILES string of the molecule is CN(C(=O)c1cn(C)c(=O)c2c1C=CC2)C1CCN(Cc2ccc(C#N)cc2)CC1. The Morgan fingerprint density at radius 3 is 2.60 bits per heavy atom. The number of benzene rings is 1. The summed E-state index contributed by atoms with van der Waals surface area (Å²) in [7, 11) is 3.58. The zero-order valence-corrected chi connectivity index (χ0v) is 17.5. The Labute approximate surface area is 176 Å². The van der Waals surface area contributed by atoms with Gasteiger partial charge >= 0.3 is 0 Å². The number of rotatable bonds is 4. The highest BCUT2D eigenvalue weighted by molar-refractivity contribution is 5.98. The Morgan fingerprint density at radius 1 is 1.23 bits per heavy atom. The Kier molecular flexibility index (Phi) is 5.56. The highest BCUT2D eigenvalue weighted by atomic mass is 16.2. The van der Waals surface area contributed by atoms with Crippen LogP contribution in [0.15, 0.2) is 41.3 Å². The number of pyridine rings is 1. The van der Waals surface area contributed by atoms with E-state index in [9.17, 15) is 9.59 Å². The minimum atomic E-state index is -0.0229. The first kappa shape index (κ1) is 20.1. The quantitative estimate of drug-likeness (QED) is 0.788. The van der Waals surface area contributed by atoms with Gasteiger partial charge in [0.1, 0.15) is 0 Å². The van der Waals surface area contributed by atoms with E-state index in [-0.39, 0.29) is 17.5 Å². The highest BCUT2D eigenvalue weighted by Gasteiger charge is 2.28. The number of hydrogen-bond acceptors (Lipinski definition) is 4. The predicted molar refractivity (Wildman–Crippen MR) is 116 cm³/mol. The van der Waals surface area contributed by atoms with Crippen LogP contribution in [0.3, 0.4) is 0 Å². The van der Waals surface area contributed by atoms with Gasteiger partial charge < -0.3 is 9.47 Å². The third-order valence-corrected chi connectivity index (χ3v) is 6.27. The van der Waals surface area contributed by atoms with Crippen molar-refractivity contribution >= 4 is 12.0 Å². The van der Waals surface area contributed by atoms with E-state index in [1.807, 2.05) is 48.4 Å². The van der Waals surface area contributed by atoms with Gasteiger partial charge in [0.05, 0.1) is 17.2 Å². The largest absolute Gasteiger partial charge is 0.339 e. The number of hydrogen-bond donors (Lipinski definition) is 0. The standard InChI is InChI=1S/C24H26N4O2/c1-26-16-22(20-4-3-5-21(20)23(26)29)24(30)27(2)19-10-12-28(13-11-19)15-18-8-6-17(14-25)7-9-18/h3-4,6-9,16,19H,5,10-13,15H2,1-2H3. The van der Waals surface area contributed by atoms with Gasteiger partial charge in [-0.25, -0.2) is 0 Å². The van der Waals surface area contributed by atoms with E-state index >= 15 is 0 Å². The lowest BCUT2D eigenvalue weighted by Crippen LogP contribution is -2.45. The highest BCUT2D eigenvalue weighted by Crippen LogP contribution is 2.24. The minimum absolute atomic E-state index is 0.0149. The van der Waals surface area contributed by atoms with Gasteiger partial charge in [-0.3, -0.25) is 14.5 Å². The molecule has 6 heteroatoms. The van der Waals surface area contributed by atoms with E-state index in [0.717, 1.165) is 38.0 Å². The maximum Gasteiger partial charge on any atom is 0.255 e. The molecule has 1 fully saturated rings. The summed E-state index contributed by atoms with van der Waals surface area (Å²) in [4.78, 5) is 29.8. The van der Waals surface area contributed by atoms with E-state index in [1.54, 1.807) is 13.2 Å². The molecule has 0 bridgehead atoms. The molecule has 1 aromatic carbocycles. The molecule has 0 radical (unpaired) electrons. The topological polar surface area (TPSA) is 69.3 Å². The normalized spacial score (nSPS) is 16.3. The van der Waals surface area contributed by atoms with Crippen LogP contribution in [0.5, 0.6) is 0 Å². The molecule has 30 heavy (non-hydrogen) atoms. The van der Waals surface area contributed by atoms with Crippen LogP contribution in [0.25, 0.3) is 6.08 Å². The van der Waals surface area contributed by atoms with E-state index in [2.05, 4.69) is 11.0 Å². The number of nitriles is 1. The molecule has 0 N–H and O–H groups in total. The van der Waals surface area contributed by atoms with E-state index in [1.165, 1.54) is 10.1 Å². The van der Waals surface area contributed by atoms with Crippen LogP contribution in [0.2, 0.25) is 0 Å². The third kappa shape index (κ3) is 3.81. The summed E-state index contributed by atoms with van der Waals surface area (Å²) in [5.74, 6) is -0.0149. The number of aryl methyl sites for hydroxylation is 1. The van der Waals surface area contributed by atoms with E-state index in [0.29, 0.717) is 23.1 Å². The molecule has 4 rings (SSSR count). The summed E-state index contributed by atoms with van der Waals surface area (Å²) in [5, 5.41) is 8.93. The molecule has 1 saturated heterocycles. The van der Waals surface area contributed by atoms with Crippen molar-refractivity contribution in [2.75, 3.05) is 20.1 Å². The maximum absolute atomic E-state index is 13.2. The number of carbonyl (C=O) groups excluding carboxylic acids is 1. The summed E-state index contributed by atoms with van der Waals surface area (Å²) in [5.41, 5.74) is 3.97. The average Bonchev–Trinajstić information content (AvgIpc) is 3.26. The molecule has 154 valence electrons. The van der Waals surface area contributed by atoms with Gasteiger partial charge in [-0.15, -0.1) is 0 Å². The summed E-state index contributed by atoms with van der Waals surface area (Å²) in [6.07, 6.45) is 7.96. The monoisotopic (exact) mass is 402 g/mol. The van der Waals surface area contributed by atoms with Gasteiger partial charge in [0.25, 0.3) is 11.5 Å². The van der Waals surface area contributed by atoms with Crippen molar-refractivity contribution in [2.24, 2.45) is 7.05 Å². The van der Waals surface area contributed by atoms with Crippen LogP contribution in [0, 0.1) is 11.3 Å². The Balaban J connectivity index is 1.40. The first-order valence-corrected chi connectivity index (χ1v) is 10.4. The van der Waals surface area contributed by atoms with Gasteiger partial charge in [-0.2, -0.15) is 5.26 Å². The maximum atomic E-state index is 13.2. The number of carbonyl (C=O) groups is 1. The van der Waals surface area contributed by atoms with Crippen LogP contribution >= 0.6 is 0 Å². The number of amides is 1. The fourth-order valence-electron chi connectivity index (χ4n) is 4.43. The number of piperidine rings is 1. The molecule has 2 heterocycles. The van der Waals surface area contributed by atoms with Crippen LogP contribution in [0.4, 0.5) is 0 Å². The Morgan fingerprint density at radius 2 is 1.93 bits per heavy atom. The third-order valence-electron chi connectivity index (χ3n) is 6.27. The molecule has 2 aromatic rings. The molecule has 6 nitrogen and oxygen atoms in total. The summed E-state index contributed by atoms with van der Waals surface area (Å²) < 4.78 is 1.52. The van der Waals surface area contributed by atoms with Gasteiger partial charge in [0.15, 0.2) is 0 Å². The van der Waals surface area contributed by atoms with Crippen molar-refractivity contribution < 1.29 is 4.79 Å². The lowest BCUT2D eigenvalue weighted by molar-refractivity contribution is 0.0635. The first-order valence-electron chi connectivity index (χ1n) is 10.4. The molecule has 0 saturated carbocycles. The molecule has 0 atom stereocenters. The molecule has 1 aliphatic carbocycles. The Hall–Kier alpha value is -3.17. The lowest BCUT2D eigenvalue weighted by Gasteiger charge is -2.37. The van der Waals surface area contributed by atoms with Crippen molar-refractivity contribution in [3.05, 3.63) is 74.7 Å². The molecule has 2 aliphatic rings. The molecule has 1 aliphatic heterocycles. The fraction of sp³-hybridized carbons (Fsp3) is 0.375. The number of nitrogens with zero attached hydrogens (tertiary/aromatic N) is 4. The second kappa shape index (κ2) is 8.29. The molecule has 1 aromatic heterocycles. The van der Waals surface area contributed by atoms with Crippen molar-refractivity contribution in [1.82, 2.24) is 14.4 Å². The molecular weight excluding hydrogens is 376 g/mol. The van der Waals surface area contributed by atoms with E-state index < -0.39 is 0 Å². The zero-order chi connectivity index (χ0) is 21.3. The number of allylic oxidation sites excluding steroid dienone is 1. The van der Waals surface area contributed by atoms with Crippen molar-refractivity contribution in [2.45, 2.75) is 31.8 Å². The summed E-state index contributed by atoms with van der Waals surface area (Å²) in [6.45, 7) is 2.70. The zero-order valence-electron chi connectivity index (χ0n) is 17.5. The van der Waals surface area contributed by atoms with Crippen LogP contribution < -0.4 is 5.56 Å². The van der Waals surface area contributed by atoms with Gasteiger partial charge in [0.2, 0.25) is 0 Å². The van der Waals surface area contributed by atoms with Crippen LogP contribution in [0.1, 0.15) is 45.5 Å². The summed E-state index contributed by atoms with van der Waals surface area (Å²) >= 11 is 0. The smallest absolute Gasteiger partial charge is 0.255 e. The molecule has 1 amide bonds. The second-order valence-corrected chi connectivity index (χ2v) is 8.19. The average molecular weight is 402 g/mol. The lowest BCUT2D eigenvalue weighted by atomic mass is 10.00.